The number of benzene rings is 15. The maximum Gasteiger partial charge on any atom is 0.0965 e. The smallest absolute Gasteiger partial charge is 0.0965 e. The van der Waals surface area contributed by atoms with Crippen LogP contribution in [0.2, 0.25) is 0 Å². The van der Waals surface area contributed by atoms with Crippen molar-refractivity contribution in [1.29, 1.82) is 0 Å². The van der Waals surface area contributed by atoms with Crippen LogP contribution in [0.5, 0.6) is 0 Å². The number of aromatic nitrogens is 11. The van der Waals surface area contributed by atoms with Crippen molar-refractivity contribution in [1.82, 2.24) is 52.7 Å². The van der Waals surface area contributed by atoms with E-state index in [0.29, 0.717) is 5.46 Å². The molecule has 23 aromatic rings. The summed E-state index contributed by atoms with van der Waals surface area (Å²) in [5.74, 6) is 0. The van der Waals surface area contributed by atoms with Gasteiger partial charge in [-0.3, -0.25) is 19.9 Å². The monoisotopic (exact) mass is 2020 g/mol. The van der Waals surface area contributed by atoms with Crippen LogP contribution in [0.4, 0.5) is 0 Å². The summed E-state index contributed by atoms with van der Waals surface area (Å²) in [5.41, 5.74) is 25.0. The van der Waals surface area contributed by atoms with Crippen molar-refractivity contribution in [3.8, 4) is 73.5 Å². The van der Waals surface area contributed by atoms with Gasteiger partial charge in [0, 0.05) is 142 Å². The van der Waals surface area contributed by atoms with Gasteiger partial charge in [0.25, 0.3) is 0 Å². The molecule has 0 spiro atoms. The minimum Gasteiger partial charge on any atom is -0.309 e. The van der Waals surface area contributed by atoms with E-state index in [4.69, 9.17) is 67.0 Å². The van der Waals surface area contributed by atoms with Crippen LogP contribution in [0.15, 0.2) is 410 Å². The molecule has 1 atom stereocenters. The van der Waals surface area contributed by atoms with Gasteiger partial charge in [-0.05, 0) is 159 Å². The van der Waals surface area contributed by atoms with Crippen molar-refractivity contribution in [2.75, 3.05) is 6.66 Å². The second-order valence-corrected chi connectivity index (χ2v) is 63.5. The number of halogens is 7. The standard InChI is InChI=1S/2C40H26N4.C18H14BNO2.C4H2Br2N2.CH5P2.CH4.5ClH.Mo/c2*1-3-11-29(12-4-1)43-35-17-9-7-15-31(35)33-21-19-27(25-37(33)43)39-40(42-24-23-41-39)28-20-22-34-32-16-8-10-18-36(32)44(38(34)26-28)30-13-5-2-6-14-30;21-19(22)13-10-11-16-15-8-4-5-9-17(15)20(18(16)12-13)14-6-2-1-3-7-14;5-3-4(6)8-2-1-7-3;1-3-2;;;;;;;/h2*1-26H;1-12,21-22H;1-2H;2H2,1H3;1H4;5*1H;/q;;;;-1;;;;;;;+5/p-5. The molecule has 0 amide bonds. The van der Waals surface area contributed by atoms with Crippen LogP contribution in [-0.2, 0) is 9.60 Å². The number of fused-ring (bicyclic) bond motifs is 15. The Hall–Kier alpha value is -11.5. The van der Waals surface area contributed by atoms with E-state index in [1.54, 1.807) is 43.2 Å². The van der Waals surface area contributed by atoms with Crippen LogP contribution in [-0.4, -0.2) is 76.6 Å². The predicted octanol–water partition coefficient (Wildman–Crippen LogP) is 29.9. The Morgan fingerprint density at radius 1 is 0.266 bits per heavy atom. The first kappa shape index (κ1) is 88.5. The molecular formula is C104H77BBr2Cl5MoN11O2P2-. The Bertz CT molecular complexity index is 7220. The van der Waals surface area contributed by atoms with Crippen LogP contribution in [0.25, 0.3) is 182 Å². The fourth-order valence-electron chi connectivity index (χ4n) is 16.7. The van der Waals surface area contributed by atoms with E-state index in [1.807, 2.05) is 54.6 Å². The molecule has 0 aliphatic heterocycles. The zero-order chi connectivity index (χ0) is 87.3. The van der Waals surface area contributed by atoms with E-state index >= 15 is 0 Å². The van der Waals surface area contributed by atoms with Gasteiger partial charge in [0.1, 0.15) is 9.21 Å². The largest absolute Gasteiger partial charge is 0.309 e. The molecule has 2 N–H and O–H groups in total. The van der Waals surface area contributed by atoms with E-state index < -0.39 is 16.7 Å². The maximum atomic E-state index is 9.47. The first-order valence-corrected chi connectivity index (χ1v) is 57.8. The van der Waals surface area contributed by atoms with Gasteiger partial charge in [0.2, 0.25) is 0 Å². The molecule has 8 heterocycles. The molecule has 0 radical (unpaired) electrons. The third kappa shape index (κ3) is 18.6. The fraction of sp³-hybridized carbons (Fsp3) is 0.0192. The Morgan fingerprint density at radius 3 is 0.656 bits per heavy atom. The molecule has 0 saturated carbocycles. The Kier molecular flexibility index (Phi) is 26.8. The van der Waals surface area contributed by atoms with Crippen LogP contribution in [0.3, 0.4) is 0 Å². The summed E-state index contributed by atoms with van der Waals surface area (Å²) in [6, 6.07) is 127. The van der Waals surface area contributed by atoms with Crippen molar-refractivity contribution in [2.24, 2.45) is 0 Å². The molecule has 24 heteroatoms. The van der Waals surface area contributed by atoms with Gasteiger partial charge < -0.3 is 50.1 Å². The van der Waals surface area contributed by atoms with Crippen molar-refractivity contribution in [3.05, 3.63) is 410 Å². The molecule has 0 aliphatic carbocycles. The van der Waals surface area contributed by atoms with E-state index in [0.717, 1.165) is 127 Å². The Labute approximate surface area is 780 Å². The molecule has 629 valence electrons. The van der Waals surface area contributed by atoms with E-state index in [9.17, 15) is 10.0 Å². The van der Waals surface area contributed by atoms with Gasteiger partial charge in [-0.2, -0.15) is 6.66 Å². The molecule has 0 bridgehead atoms. The molecule has 23 rings (SSSR count). The van der Waals surface area contributed by atoms with Crippen LogP contribution < -0.4 is 5.46 Å². The Morgan fingerprint density at radius 2 is 0.445 bits per heavy atom. The summed E-state index contributed by atoms with van der Waals surface area (Å²) in [5, 5.41) is 31.0. The first-order chi connectivity index (χ1) is 61.9. The van der Waals surface area contributed by atoms with Gasteiger partial charge in [-0.1, -0.05) is 250 Å². The summed E-state index contributed by atoms with van der Waals surface area (Å²) < 4.78 is 13.0. The van der Waals surface area contributed by atoms with E-state index in [-0.39, 0.29) is 7.43 Å². The maximum absolute atomic E-state index is 9.47. The SMILES string of the molecule is Brc1nccnc1Br.C.C[P-]P.OB(O)c1ccc2c3ccccc3n(-c3ccccc3)c2c1.[Cl][Mo]([Cl])([Cl])([Cl])[Cl].c1ccc(-n2c3ccccc3c3ccc(-c4nccnc4-c4ccc5c6ccccc6n(-c6ccccc6)c5c4)cc32)cc1.c1ccc(-n2c3ccccc3c3ccc(-c4nccnc4-c4ccc5c6ccccc6n(-c6ccccc6)c5c4)cc32)cc1. The zero-order valence-corrected chi connectivity index (χ0v) is 78.6. The number of rotatable bonds is 10. The Balaban J connectivity index is 0.000000128. The molecule has 13 nitrogen and oxygen atoms in total. The van der Waals surface area contributed by atoms with Crippen LogP contribution >= 0.6 is 96.1 Å². The van der Waals surface area contributed by atoms with Gasteiger partial charge in [-0.15, -0.1) is 0 Å². The molecule has 0 saturated heterocycles. The predicted molar refractivity (Wildman–Crippen MR) is 550 cm³/mol. The average Bonchev–Trinajstić information content (AvgIpc) is 1.60. The molecule has 0 fully saturated rings. The number of hydrogen-bond acceptors (Lipinski definition) is 8. The summed E-state index contributed by atoms with van der Waals surface area (Å²) in [7, 11) is 23.4. The minimum atomic E-state index is -4.26. The molecular weight excluding hydrogens is 1940 g/mol. The van der Waals surface area contributed by atoms with Gasteiger partial charge in [0.05, 0.1) is 77.9 Å². The third-order valence-electron chi connectivity index (χ3n) is 21.9. The van der Waals surface area contributed by atoms with Crippen LogP contribution in [0, 0.1) is 0 Å². The molecule has 15 aromatic carbocycles. The zero-order valence-electron chi connectivity index (χ0n) is 67.6. The van der Waals surface area contributed by atoms with Gasteiger partial charge in [0.15, 0.2) is 0 Å². The molecule has 8 aromatic heterocycles. The average molecular weight is 2020 g/mol. The van der Waals surface area contributed by atoms with E-state index in [1.165, 1.54) is 73.4 Å². The second kappa shape index (κ2) is 38.8. The summed E-state index contributed by atoms with van der Waals surface area (Å²) in [6.45, 7) is 2.06. The van der Waals surface area contributed by atoms with Gasteiger partial charge >= 0.3 is 63.8 Å². The van der Waals surface area contributed by atoms with Crippen molar-refractivity contribution >= 4 is 218 Å². The first-order valence-electron chi connectivity index (χ1n) is 40.3. The topological polar surface area (TPSA) is 142 Å². The van der Waals surface area contributed by atoms with Crippen molar-refractivity contribution in [3.63, 3.8) is 0 Å². The van der Waals surface area contributed by atoms with Crippen molar-refractivity contribution < 1.29 is 19.7 Å². The minimum absolute atomic E-state index is 0. The van der Waals surface area contributed by atoms with Crippen molar-refractivity contribution in [2.45, 2.75) is 7.43 Å². The van der Waals surface area contributed by atoms with E-state index in [2.05, 4.69) is 384 Å². The summed E-state index contributed by atoms with van der Waals surface area (Å²) >= 11 is 6.35. The normalized spacial score (nSPS) is 11.6. The number of para-hydroxylation sites is 10. The quantitative estimate of drug-likeness (QED) is 0.102. The number of nitrogens with zero attached hydrogens (tertiary/aromatic N) is 11. The molecule has 0 aliphatic rings. The molecule has 1 unspecified atom stereocenters. The number of hydrogen-bond donors (Lipinski definition) is 2. The second-order valence-electron chi connectivity index (χ2n) is 29.5. The summed E-state index contributed by atoms with van der Waals surface area (Å²) in [4.78, 5) is 27.4. The molecule has 128 heavy (non-hydrogen) atoms. The van der Waals surface area contributed by atoms with Crippen LogP contribution in [0.1, 0.15) is 7.43 Å². The third-order valence-corrected chi connectivity index (χ3v) is 23.6. The fourth-order valence-corrected chi connectivity index (χ4v) is 17.2. The van der Waals surface area contributed by atoms with Gasteiger partial charge in [-0.25, -0.2) is 9.97 Å². The summed E-state index contributed by atoms with van der Waals surface area (Å²) in [6.07, 6.45) is 10.4.